The van der Waals surface area contributed by atoms with Crippen LogP contribution in [0.2, 0.25) is 0 Å². The van der Waals surface area contributed by atoms with E-state index in [4.69, 9.17) is 20.8 Å². The van der Waals surface area contributed by atoms with Crippen molar-refractivity contribution in [1.29, 1.82) is 0 Å². The van der Waals surface area contributed by atoms with Crippen molar-refractivity contribution in [1.82, 2.24) is 41.2 Å². The van der Waals surface area contributed by atoms with Gasteiger partial charge in [-0.3, -0.25) is 43.6 Å². The Labute approximate surface area is 317 Å². The highest BCUT2D eigenvalue weighted by Gasteiger charge is 2.30. The number of carbonyl (C=O) groups excluding carboxylic acids is 3. The van der Waals surface area contributed by atoms with Gasteiger partial charge in [0.2, 0.25) is 11.8 Å². The molecular formula is C33H65N9O12. The molecule has 1 saturated heterocycles. The quantitative estimate of drug-likeness (QED) is 0.0319. The van der Waals surface area contributed by atoms with Gasteiger partial charge in [-0.25, -0.2) is 5.43 Å². The predicted octanol–water partition coefficient (Wildman–Crippen LogP) is -2.84. The van der Waals surface area contributed by atoms with E-state index in [0.29, 0.717) is 64.8 Å². The van der Waals surface area contributed by atoms with Crippen LogP contribution in [0.1, 0.15) is 58.3 Å². The van der Waals surface area contributed by atoms with Crippen LogP contribution in [0.3, 0.4) is 0 Å². The van der Waals surface area contributed by atoms with Gasteiger partial charge < -0.3 is 51.5 Å². The van der Waals surface area contributed by atoms with Crippen molar-refractivity contribution in [2.45, 2.75) is 76.4 Å². The van der Waals surface area contributed by atoms with Gasteiger partial charge in [0.25, 0.3) is 0 Å². The molecule has 0 aromatic carbocycles. The third kappa shape index (κ3) is 24.8. The Morgan fingerprint density at radius 1 is 0.815 bits per heavy atom. The van der Waals surface area contributed by atoms with E-state index in [1.54, 1.807) is 25.2 Å². The molecule has 1 aliphatic carbocycles. The number of ether oxygens (including phenoxy) is 1. The summed E-state index contributed by atoms with van der Waals surface area (Å²) in [7, 11) is 1.00. The van der Waals surface area contributed by atoms with E-state index < -0.39 is 23.9 Å². The van der Waals surface area contributed by atoms with Crippen molar-refractivity contribution in [3.8, 4) is 0 Å². The lowest BCUT2D eigenvalue weighted by Crippen LogP contribution is -2.49. The van der Waals surface area contributed by atoms with E-state index in [2.05, 4.69) is 16.1 Å². The number of nitrogens with one attached hydrogen (secondary N) is 4. The number of carboxylic acid groups (broad SMARTS) is 3. The normalized spacial score (nSPS) is 19.7. The van der Waals surface area contributed by atoms with Crippen LogP contribution in [0, 0.1) is 0 Å². The van der Waals surface area contributed by atoms with Crippen molar-refractivity contribution in [3.05, 3.63) is 0 Å². The third-order valence-electron chi connectivity index (χ3n) is 8.68. The van der Waals surface area contributed by atoms with E-state index >= 15 is 0 Å². The summed E-state index contributed by atoms with van der Waals surface area (Å²) in [6.07, 6.45) is 4.56. The number of carbonyl (C=O) groups is 6. The van der Waals surface area contributed by atoms with E-state index in [1.807, 2.05) is 6.92 Å². The lowest BCUT2D eigenvalue weighted by atomic mass is 9.91. The molecule has 0 bridgehead atoms. The number of aliphatic hydroxyl groups is 1. The summed E-state index contributed by atoms with van der Waals surface area (Å²) in [5, 5.41) is 49.9. The fourth-order valence-electron chi connectivity index (χ4n) is 6.00. The highest BCUT2D eigenvalue weighted by Crippen LogP contribution is 2.19. The number of hydrogen-bond donors (Lipinski definition) is 10. The summed E-state index contributed by atoms with van der Waals surface area (Å²) in [4.78, 5) is 78.0. The van der Waals surface area contributed by atoms with Gasteiger partial charge in [-0.05, 0) is 52.0 Å². The van der Waals surface area contributed by atoms with Crippen LogP contribution in [0.15, 0.2) is 0 Å². The fraction of sp³-hybridized carbons (Fsp3) is 0.818. The van der Waals surface area contributed by atoms with Crippen molar-refractivity contribution >= 4 is 36.0 Å². The molecule has 1 aliphatic heterocycles. The summed E-state index contributed by atoms with van der Waals surface area (Å²) in [5.41, 5.74) is 9.71. The van der Waals surface area contributed by atoms with Crippen LogP contribution in [0.4, 0.5) is 0 Å². The number of aldehydes is 1. The standard InChI is InChI=1S/C28H49N7O9.C4H12N2O2.CH4O/c29-9-1-2-24(37)30-21-3-5-22(6-4-21)31-25(38)8-7-23(28(43)44)35-14-12-32(18-26(39)40)10-11-33(16-17-36)20-34(13-15-35)19-27(41)42;1-2-8-4-3-5-6-7;1-2/h17,21-23H,1-16,18-20,29H2,(H,30,37)(H,31,38)(H,39,40)(H,41,42)(H,43,44);5-7H,2-4H2,1H3;2H,1H3. The predicted molar refractivity (Wildman–Crippen MR) is 196 cm³/mol. The minimum atomic E-state index is -1.13. The van der Waals surface area contributed by atoms with Crippen molar-refractivity contribution < 1.29 is 59.1 Å². The van der Waals surface area contributed by atoms with Gasteiger partial charge in [0.1, 0.15) is 12.3 Å². The van der Waals surface area contributed by atoms with Crippen LogP contribution >= 0.6 is 0 Å². The van der Waals surface area contributed by atoms with Gasteiger partial charge in [0, 0.05) is 84.5 Å². The molecule has 54 heavy (non-hydrogen) atoms. The maximum absolute atomic E-state index is 12.8. The first kappa shape index (κ1) is 50.6. The average Bonchev–Trinajstić information content (AvgIpc) is 3.16. The first-order valence-corrected chi connectivity index (χ1v) is 18.4. The van der Waals surface area contributed by atoms with E-state index in [1.165, 1.54) is 0 Å². The van der Waals surface area contributed by atoms with E-state index in [0.717, 1.165) is 20.0 Å². The Kier molecular flexibility index (Phi) is 29.9. The van der Waals surface area contributed by atoms with E-state index in [9.17, 15) is 44.1 Å². The Morgan fingerprint density at radius 2 is 1.33 bits per heavy atom. The molecular weight excluding hydrogens is 714 g/mol. The molecule has 1 unspecified atom stereocenters. The van der Waals surface area contributed by atoms with E-state index in [-0.39, 0.29) is 95.8 Å². The van der Waals surface area contributed by atoms with Crippen molar-refractivity contribution in [2.75, 3.05) is 99.0 Å². The van der Waals surface area contributed by atoms with Gasteiger partial charge in [-0.1, -0.05) is 0 Å². The minimum Gasteiger partial charge on any atom is -0.480 e. The molecule has 1 atom stereocenters. The second-order valence-electron chi connectivity index (χ2n) is 12.7. The highest BCUT2D eigenvalue weighted by atomic mass is 16.5. The van der Waals surface area contributed by atoms with Crippen LogP contribution in [-0.4, -0.2) is 198 Å². The topological polar surface area (TPSA) is 300 Å². The number of rotatable bonds is 21. The van der Waals surface area contributed by atoms with Crippen molar-refractivity contribution in [2.24, 2.45) is 5.73 Å². The SMILES string of the molecule is CCOCCNNO.CO.NCCCC(=O)NC1CCC(NC(=O)CCC(C(=O)O)N2CCN(CC(=O)O)CCN(CC=O)CN(CC(=O)O)CC2)CC1. The Morgan fingerprint density at radius 3 is 1.83 bits per heavy atom. The number of aliphatic hydroxyl groups excluding tert-OH is 1. The monoisotopic (exact) mass is 779 g/mol. The number of hydrazine groups is 1. The summed E-state index contributed by atoms with van der Waals surface area (Å²) >= 11 is 0. The minimum absolute atomic E-state index is 0.0167. The lowest BCUT2D eigenvalue weighted by molar-refractivity contribution is -0.145. The molecule has 21 heteroatoms. The summed E-state index contributed by atoms with van der Waals surface area (Å²) in [6.45, 7) is 5.33. The number of nitrogens with zero attached hydrogens (tertiary/aromatic N) is 4. The zero-order valence-electron chi connectivity index (χ0n) is 31.8. The molecule has 0 aromatic rings. The molecule has 0 aromatic heterocycles. The smallest absolute Gasteiger partial charge is 0.320 e. The Balaban J connectivity index is 0.00000248. The first-order valence-electron chi connectivity index (χ1n) is 18.4. The first-order chi connectivity index (χ1) is 25.9. The largest absolute Gasteiger partial charge is 0.480 e. The number of aliphatic carboxylic acids is 3. The molecule has 2 fully saturated rings. The Bertz CT molecular complexity index is 1060. The molecule has 2 rings (SSSR count). The molecule has 2 aliphatic rings. The third-order valence-corrected chi connectivity index (χ3v) is 8.68. The van der Waals surface area contributed by atoms with Crippen LogP contribution in [-0.2, 0) is 33.5 Å². The van der Waals surface area contributed by atoms with Crippen LogP contribution < -0.4 is 27.4 Å². The number of nitrogens with two attached hydrogens (primary N) is 1. The maximum Gasteiger partial charge on any atom is 0.320 e. The average molecular weight is 780 g/mol. The molecule has 1 saturated carbocycles. The lowest BCUT2D eigenvalue weighted by Gasteiger charge is -2.33. The number of carboxylic acids is 3. The molecule has 11 N–H and O–H groups in total. The highest BCUT2D eigenvalue weighted by molar-refractivity contribution is 5.79. The van der Waals surface area contributed by atoms with Gasteiger partial charge >= 0.3 is 17.9 Å². The fourth-order valence-corrected chi connectivity index (χ4v) is 6.00. The number of hydrogen-bond acceptors (Lipinski definition) is 16. The van der Waals surface area contributed by atoms with Crippen LogP contribution in [0.25, 0.3) is 0 Å². The van der Waals surface area contributed by atoms with Crippen molar-refractivity contribution in [3.63, 3.8) is 0 Å². The molecule has 0 spiro atoms. The summed E-state index contributed by atoms with van der Waals surface area (Å²) < 4.78 is 4.92. The van der Waals surface area contributed by atoms with Gasteiger partial charge in [-0.2, -0.15) is 0 Å². The molecule has 1 heterocycles. The van der Waals surface area contributed by atoms with Gasteiger partial charge in [-0.15, -0.1) is 5.59 Å². The van der Waals surface area contributed by atoms with Gasteiger partial charge in [0.05, 0.1) is 32.9 Å². The Hall–Kier alpha value is -3.38. The molecule has 0 radical (unpaired) electrons. The molecule has 2 amide bonds. The molecule has 314 valence electrons. The second kappa shape index (κ2) is 31.9. The zero-order valence-corrected chi connectivity index (χ0v) is 31.8. The number of amides is 2. The summed E-state index contributed by atoms with van der Waals surface area (Å²) in [6, 6.07) is -1.06. The second-order valence-corrected chi connectivity index (χ2v) is 12.7. The summed E-state index contributed by atoms with van der Waals surface area (Å²) in [5.74, 6) is -3.54. The van der Waals surface area contributed by atoms with Crippen LogP contribution in [0.5, 0.6) is 0 Å². The maximum atomic E-state index is 12.8. The van der Waals surface area contributed by atoms with Gasteiger partial charge in [0.15, 0.2) is 0 Å². The zero-order chi connectivity index (χ0) is 40.7. The molecule has 21 nitrogen and oxygen atoms in total.